The van der Waals surface area contributed by atoms with E-state index in [0.717, 1.165) is 49.7 Å². The number of amides is 1. The van der Waals surface area contributed by atoms with Crippen LogP contribution in [0.2, 0.25) is 5.04 Å². The van der Waals surface area contributed by atoms with Gasteiger partial charge in [0, 0.05) is 25.4 Å². The second-order valence-electron chi connectivity index (χ2n) is 19.0. The smallest absolute Gasteiger partial charge is 0.407 e. The third-order valence-corrected chi connectivity index (χ3v) is 20.6. The molecule has 4 fully saturated rings. The van der Waals surface area contributed by atoms with E-state index in [-0.39, 0.29) is 71.3 Å². The van der Waals surface area contributed by atoms with Gasteiger partial charge in [0.05, 0.1) is 53.8 Å². The van der Waals surface area contributed by atoms with Crippen LogP contribution in [-0.4, -0.2) is 84.5 Å². The van der Waals surface area contributed by atoms with Gasteiger partial charge in [0.25, 0.3) is 8.32 Å². The molecule has 330 valence electrons. The molecule has 4 aliphatic heterocycles. The van der Waals surface area contributed by atoms with Crippen LogP contribution < -0.4 is 15.7 Å². The molecule has 9 nitrogen and oxygen atoms in total. The number of ether oxygens (including phenoxy) is 4. The highest BCUT2D eigenvalue weighted by Gasteiger charge is 2.50. The van der Waals surface area contributed by atoms with Crippen molar-refractivity contribution in [1.82, 2.24) is 5.32 Å². The molecule has 0 aliphatic carbocycles. The molecule has 11 heteroatoms. The highest BCUT2D eigenvalue weighted by Crippen LogP contribution is 2.43. The van der Waals surface area contributed by atoms with E-state index in [0.29, 0.717) is 30.9 Å². The van der Waals surface area contributed by atoms with E-state index in [1.807, 2.05) is 6.07 Å². The first-order chi connectivity index (χ1) is 29.1. The van der Waals surface area contributed by atoms with Gasteiger partial charge >= 0.3 is 6.09 Å². The molecule has 0 radical (unpaired) electrons. The van der Waals surface area contributed by atoms with Crippen LogP contribution in [0.25, 0.3) is 0 Å². The van der Waals surface area contributed by atoms with Crippen LogP contribution in [0.3, 0.4) is 0 Å². The molecule has 7 rings (SSSR count). The van der Waals surface area contributed by atoms with Crippen molar-refractivity contribution in [2.75, 3.05) is 18.9 Å². The third-order valence-electron chi connectivity index (χ3n) is 13.8. The fraction of sp³-hybridized carbons (Fsp3) is 0.540. The number of alkyl carbamates (subject to hydrolysis) is 1. The summed E-state index contributed by atoms with van der Waals surface area (Å²) in [5, 5.41) is 5.25. The molecule has 0 unspecified atom stereocenters. The predicted molar refractivity (Wildman–Crippen MR) is 243 cm³/mol. The molecule has 61 heavy (non-hydrogen) atoms. The lowest BCUT2D eigenvalue weighted by Gasteiger charge is -2.43. The quantitative estimate of drug-likeness (QED) is 0.0817. The summed E-state index contributed by atoms with van der Waals surface area (Å²) in [5.41, 5.74) is 2.17. The van der Waals surface area contributed by atoms with E-state index in [1.165, 1.54) is 10.4 Å². The average Bonchev–Trinajstić information content (AvgIpc) is 3.91. The Kier molecular flexibility index (Phi) is 14.5. The summed E-state index contributed by atoms with van der Waals surface area (Å²) in [6.45, 7) is 21.2. The Morgan fingerprint density at radius 1 is 0.770 bits per heavy atom. The zero-order valence-corrected chi connectivity index (χ0v) is 38.6. The van der Waals surface area contributed by atoms with Crippen LogP contribution in [0.1, 0.15) is 86.0 Å². The zero-order valence-electron chi connectivity index (χ0n) is 36.8. The number of benzene rings is 3. The van der Waals surface area contributed by atoms with Crippen molar-refractivity contribution in [2.24, 2.45) is 17.8 Å². The second kappa shape index (κ2) is 19.4. The Morgan fingerprint density at radius 2 is 1.39 bits per heavy atom. The monoisotopic (exact) mass is 869 g/mol. The summed E-state index contributed by atoms with van der Waals surface area (Å²) in [7, 11) is -6.18. The van der Waals surface area contributed by atoms with Gasteiger partial charge < -0.3 is 28.7 Å². The fourth-order valence-electron chi connectivity index (χ4n) is 10.3. The normalized spacial score (nSPS) is 29.8. The maximum atomic E-state index is 13.7. The van der Waals surface area contributed by atoms with Crippen molar-refractivity contribution in [1.29, 1.82) is 0 Å². The molecule has 4 heterocycles. The number of hydrogen-bond donors (Lipinski definition) is 1. The Balaban J connectivity index is 0.948. The lowest BCUT2D eigenvalue weighted by atomic mass is 9.82. The first kappa shape index (κ1) is 45.4. The van der Waals surface area contributed by atoms with Crippen LogP contribution in [0.5, 0.6) is 0 Å². The van der Waals surface area contributed by atoms with Crippen molar-refractivity contribution in [2.45, 2.75) is 139 Å². The van der Waals surface area contributed by atoms with Crippen LogP contribution >= 0.6 is 0 Å². The fourth-order valence-corrected chi connectivity index (χ4v) is 16.7. The first-order valence-corrected chi connectivity index (χ1v) is 26.0. The summed E-state index contributed by atoms with van der Waals surface area (Å²) in [6.07, 6.45) is 4.68. The van der Waals surface area contributed by atoms with E-state index in [4.69, 9.17) is 23.4 Å². The van der Waals surface area contributed by atoms with E-state index >= 15 is 0 Å². The van der Waals surface area contributed by atoms with Gasteiger partial charge in [-0.25, -0.2) is 13.2 Å². The highest BCUT2D eigenvalue weighted by molar-refractivity contribution is 7.91. The van der Waals surface area contributed by atoms with Gasteiger partial charge in [0.1, 0.15) is 6.10 Å². The molecule has 1 amide bonds. The number of hydrogen-bond acceptors (Lipinski definition) is 8. The summed E-state index contributed by atoms with van der Waals surface area (Å²) in [6, 6.07) is 30.2. The van der Waals surface area contributed by atoms with Gasteiger partial charge in [0.15, 0.2) is 9.84 Å². The molecule has 4 saturated heterocycles. The maximum Gasteiger partial charge on any atom is 0.407 e. The van der Waals surface area contributed by atoms with Crippen molar-refractivity contribution in [3.8, 4) is 0 Å². The minimum atomic E-state index is -3.58. The lowest BCUT2D eigenvalue weighted by Crippen LogP contribution is -2.66. The summed E-state index contributed by atoms with van der Waals surface area (Å²) >= 11 is 0. The van der Waals surface area contributed by atoms with Crippen molar-refractivity contribution in [3.63, 3.8) is 0 Å². The van der Waals surface area contributed by atoms with Gasteiger partial charge in [0.2, 0.25) is 0 Å². The van der Waals surface area contributed by atoms with Gasteiger partial charge in [-0.2, -0.15) is 0 Å². The van der Waals surface area contributed by atoms with E-state index in [9.17, 15) is 13.2 Å². The summed E-state index contributed by atoms with van der Waals surface area (Å²) in [5.74, 6) is -0.138. The molecule has 0 spiro atoms. The average molecular weight is 870 g/mol. The van der Waals surface area contributed by atoms with E-state index in [2.05, 4.69) is 114 Å². The largest absolute Gasteiger partial charge is 0.444 e. The maximum absolute atomic E-state index is 13.7. The number of cyclic esters (lactones) is 1. The topological polar surface area (TPSA) is 109 Å². The Morgan fingerprint density at radius 3 is 2.00 bits per heavy atom. The lowest BCUT2D eigenvalue weighted by molar-refractivity contribution is -0.0747. The molecule has 3 aromatic carbocycles. The summed E-state index contributed by atoms with van der Waals surface area (Å²) < 4.78 is 60.3. The summed E-state index contributed by atoms with van der Waals surface area (Å²) in [4.78, 5) is 12.1. The third kappa shape index (κ3) is 10.5. The predicted octanol–water partition coefficient (Wildman–Crippen LogP) is 8.57. The molecular weight excluding hydrogens is 803 g/mol. The molecule has 0 bridgehead atoms. The van der Waals surface area contributed by atoms with Crippen LogP contribution in [-0.2, 0) is 33.2 Å². The number of nitrogens with one attached hydrogen (secondary N) is 1. The van der Waals surface area contributed by atoms with Gasteiger partial charge in [-0.05, 0) is 89.1 Å². The van der Waals surface area contributed by atoms with Crippen LogP contribution in [0.15, 0.2) is 120 Å². The number of carbonyl (C=O) groups is 1. The van der Waals surface area contributed by atoms with Crippen LogP contribution in [0, 0.1) is 17.8 Å². The molecule has 0 saturated carbocycles. The zero-order chi connectivity index (χ0) is 43.4. The first-order valence-electron chi connectivity index (χ1n) is 22.4. The number of carbonyl (C=O) groups excluding carboxylic acids is 1. The van der Waals surface area contributed by atoms with E-state index in [1.54, 1.807) is 24.3 Å². The van der Waals surface area contributed by atoms with Crippen molar-refractivity contribution < 1.29 is 36.6 Å². The van der Waals surface area contributed by atoms with Crippen molar-refractivity contribution in [3.05, 3.63) is 115 Å². The Hall–Kier alpha value is -3.58. The van der Waals surface area contributed by atoms with Gasteiger partial charge in [-0.3, -0.25) is 0 Å². The minimum Gasteiger partial charge on any atom is -0.444 e. The molecule has 1 N–H and O–H groups in total. The standard InChI is InChI=1S/C50H67NO8SSi/c1-34-28-39(25-26-45-35(2)29-38(56-45)18-17-27-55-61(50(5,6)7,42-21-13-9-14-22-42)43-23-15-10-16-24-43)57-47(36(34)3)31-48-44(33-60(53,54)41-19-11-8-12-20-41)37(4)46(59-48)30-40-32-51-49(52)58-40/h8-16,19-24,34,37-40,44-48H,2-3,17-18,25-33H2,1,4-7H3,(H,51,52)/t34-,37-,38+,39+,40+,44-,45+,46-,47-,48+/m1/s1. The van der Waals surface area contributed by atoms with E-state index < -0.39 is 24.2 Å². The highest BCUT2D eigenvalue weighted by atomic mass is 32.2. The Bertz CT molecular complexity index is 2020. The molecule has 4 aliphatic rings. The number of sulfone groups is 1. The Labute approximate surface area is 365 Å². The van der Waals surface area contributed by atoms with Gasteiger partial charge in [-0.1, -0.05) is 127 Å². The second-order valence-corrected chi connectivity index (χ2v) is 25.3. The SMILES string of the molecule is C=C1C[C@H](CCCO[Si](c2ccccc2)(c2ccccc2)C(C)(C)C)O[C@H]1CC[C@H]1C[C@@H](C)C(=C)[C@@H](C[C@@H]2O[C@H](C[C@H]3CNC(=O)O3)[C@H](C)[C@H]2CS(=O)(=O)c2ccccc2)O1. The van der Waals surface area contributed by atoms with Crippen molar-refractivity contribution >= 4 is 34.6 Å². The minimum absolute atomic E-state index is 0.00547. The van der Waals surface area contributed by atoms with Crippen LogP contribution in [0.4, 0.5) is 4.79 Å². The molecule has 3 aromatic rings. The number of rotatable bonds is 17. The molecular formula is C50H67NO8SSi. The molecule has 10 atom stereocenters. The molecule has 0 aromatic heterocycles. The van der Waals surface area contributed by atoms with Gasteiger partial charge in [-0.15, -0.1) is 0 Å².